The van der Waals surface area contributed by atoms with Crippen LogP contribution in [0.2, 0.25) is 0 Å². The Labute approximate surface area is 244 Å². The lowest BCUT2D eigenvalue weighted by Crippen LogP contribution is -2.24. The molecule has 4 aromatic carbocycles. The van der Waals surface area contributed by atoms with Crippen LogP contribution in [0.15, 0.2) is 97.1 Å². The molecular weight excluding hydrogens is 512 g/mol. The summed E-state index contributed by atoms with van der Waals surface area (Å²) in [6, 6.07) is 34.9. The Hall–Kier alpha value is -5.94. The summed E-state index contributed by atoms with van der Waals surface area (Å²) in [6.07, 6.45) is 12.0. The number of terminal acetylenes is 2. The molecular formula is C38H24N4. The third-order valence-corrected chi connectivity index (χ3v) is 8.41. The Balaban J connectivity index is 1.72. The van der Waals surface area contributed by atoms with Crippen molar-refractivity contribution in [3.05, 3.63) is 148 Å². The summed E-state index contributed by atoms with van der Waals surface area (Å²) in [5.74, 6) is 5.41. The van der Waals surface area contributed by atoms with Crippen molar-refractivity contribution in [3.8, 4) is 30.8 Å². The Morgan fingerprint density at radius 3 is 1.74 bits per heavy atom. The van der Waals surface area contributed by atoms with Gasteiger partial charge in [-0.05, 0) is 46.5 Å². The molecule has 2 heterocycles. The molecule has 0 aliphatic heterocycles. The van der Waals surface area contributed by atoms with Crippen LogP contribution in [-0.2, 0) is 13.1 Å². The molecule has 0 saturated carbocycles. The van der Waals surface area contributed by atoms with Gasteiger partial charge in [-0.1, -0.05) is 84.6 Å². The van der Waals surface area contributed by atoms with Gasteiger partial charge < -0.3 is 9.13 Å². The lowest BCUT2D eigenvalue weighted by atomic mass is 9.72. The molecule has 0 N–H and O–H groups in total. The van der Waals surface area contributed by atoms with E-state index in [-0.39, 0.29) is 11.8 Å². The van der Waals surface area contributed by atoms with E-state index in [1.54, 1.807) is 0 Å². The zero-order valence-electron chi connectivity index (χ0n) is 22.8. The van der Waals surface area contributed by atoms with Crippen molar-refractivity contribution in [1.29, 1.82) is 5.26 Å². The van der Waals surface area contributed by atoms with E-state index in [1.165, 1.54) is 0 Å². The molecule has 7 rings (SSSR count). The number of hydrogen-bond acceptors (Lipinski definition) is 1. The summed E-state index contributed by atoms with van der Waals surface area (Å²) in [6.45, 7) is 8.55. The molecule has 2 unspecified atom stereocenters. The van der Waals surface area contributed by atoms with Crippen LogP contribution in [0.4, 0.5) is 5.69 Å². The van der Waals surface area contributed by atoms with Gasteiger partial charge in [-0.2, -0.15) is 5.26 Å². The first-order valence-corrected chi connectivity index (χ1v) is 13.8. The van der Waals surface area contributed by atoms with Crippen LogP contribution in [-0.4, -0.2) is 9.13 Å². The van der Waals surface area contributed by atoms with Crippen molar-refractivity contribution in [1.82, 2.24) is 9.13 Å². The zero-order chi connectivity index (χ0) is 28.8. The van der Waals surface area contributed by atoms with Crippen LogP contribution < -0.4 is 0 Å². The predicted octanol–water partition coefficient (Wildman–Crippen LogP) is 7.96. The lowest BCUT2D eigenvalue weighted by molar-refractivity contribution is 0.687. The van der Waals surface area contributed by atoms with E-state index in [0.29, 0.717) is 24.3 Å². The van der Waals surface area contributed by atoms with Crippen LogP contribution >= 0.6 is 0 Å². The molecule has 0 saturated heterocycles. The molecule has 4 nitrogen and oxygen atoms in total. The Morgan fingerprint density at radius 1 is 0.690 bits per heavy atom. The van der Waals surface area contributed by atoms with Gasteiger partial charge in [-0.25, -0.2) is 4.85 Å². The number of rotatable bonds is 4. The molecule has 0 amide bonds. The first kappa shape index (κ1) is 25.1. The zero-order valence-corrected chi connectivity index (χ0v) is 22.8. The second kappa shape index (κ2) is 9.91. The number of fused-ring (bicyclic) bond motifs is 6. The smallest absolute Gasteiger partial charge is 0.187 e. The van der Waals surface area contributed by atoms with Gasteiger partial charge in [0.2, 0.25) is 0 Å². The number of hydrogen-bond donors (Lipinski definition) is 0. The molecule has 0 spiro atoms. The number of para-hydroxylation sites is 2. The van der Waals surface area contributed by atoms with E-state index in [1.807, 2.05) is 48.5 Å². The van der Waals surface area contributed by atoms with E-state index in [0.717, 1.165) is 55.4 Å². The largest absolute Gasteiger partial charge is 0.332 e. The molecule has 1 aliphatic carbocycles. The monoisotopic (exact) mass is 536 g/mol. The summed E-state index contributed by atoms with van der Waals surface area (Å²) in [5, 5.41) is 12.1. The molecule has 2 atom stereocenters. The second-order valence-corrected chi connectivity index (χ2v) is 10.5. The van der Waals surface area contributed by atoms with E-state index < -0.39 is 0 Å². The van der Waals surface area contributed by atoms with Gasteiger partial charge in [0.05, 0.1) is 43.1 Å². The van der Waals surface area contributed by atoms with E-state index in [2.05, 4.69) is 80.4 Å². The van der Waals surface area contributed by atoms with Gasteiger partial charge in [-0.3, -0.25) is 0 Å². The standard InChI is InChI=1S/C38H24N4/c1-4-20-41-32-19-9-7-17-30(32)36-34(27-14-11-15-28(23-27)40-3)38-35(29-16-6-8-18-31(29)42(38)21-5-2)33(37(36)41)26-13-10-12-25(22-26)24-39/h1-2,6-19,22-23,33-34H,20-21H2. The van der Waals surface area contributed by atoms with Crippen molar-refractivity contribution >= 4 is 27.5 Å². The predicted molar refractivity (Wildman–Crippen MR) is 167 cm³/mol. The highest BCUT2D eigenvalue weighted by molar-refractivity contribution is 5.94. The molecule has 0 bridgehead atoms. The molecule has 196 valence electrons. The van der Waals surface area contributed by atoms with Gasteiger partial charge in [0.25, 0.3) is 0 Å². The highest BCUT2D eigenvalue weighted by Crippen LogP contribution is 2.55. The summed E-state index contributed by atoms with van der Waals surface area (Å²) in [7, 11) is 0. The van der Waals surface area contributed by atoms with E-state index in [4.69, 9.17) is 19.4 Å². The number of nitrogens with zero attached hydrogens (tertiary/aromatic N) is 4. The third kappa shape index (κ3) is 3.57. The first-order chi connectivity index (χ1) is 20.7. The maximum atomic E-state index is 9.86. The highest BCUT2D eigenvalue weighted by Gasteiger charge is 2.42. The summed E-state index contributed by atoms with van der Waals surface area (Å²) in [5.41, 5.74) is 9.90. The Kier molecular flexibility index (Phi) is 5.91. The summed E-state index contributed by atoms with van der Waals surface area (Å²) in [4.78, 5) is 3.77. The molecule has 4 heteroatoms. The number of nitriles is 1. The third-order valence-electron chi connectivity index (χ3n) is 8.41. The molecule has 0 radical (unpaired) electrons. The topological polar surface area (TPSA) is 38.0 Å². The Bertz CT molecular complexity index is 2060. The lowest BCUT2D eigenvalue weighted by Gasteiger charge is -2.34. The molecule has 1 aliphatic rings. The van der Waals surface area contributed by atoms with Crippen LogP contribution in [0.3, 0.4) is 0 Å². The number of aromatic nitrogens is 2. The van der Waals surface area contributed by atoms with Gasteiger partial charge in [0, 0.05) is 33.2 Å². The van der Waals surface area contributed by atoms with Gasteiger partial charge in [0.1, 0.15) is 0 Å². The average Bonchev–Trinajstić information content (AvgIpc) is 3.53. The fourth-order valence-electron chi connectivity index (χ4n) is 6.94. The van der Waals surface area contributed by atoms with Crippen molar-refractivity contribution in [3.63, 3.8) is 0 Å². The molecule has 0 fully saturated rings. The van der Waals surface area contributed by atoms with Crippen molar-refractivity contribution < 1.29 is 0 Å². The van der Waals surface area contributed by atoms with Crippen LogP contribution in [0, 0.1) is 42.6 Å². The average molecular weight is 537 g/mol. The van der Waals surface area contributed by atoms with Crippen LogP contribution in [0.5, 0.6) is 0 Å². The maximum absolute atomic E-state index is 9.86. The maximum Gasteiger partial charge on any atom is 0.187 e. The minimum Gasteiger partial charge on any atom is -0.332 e. The first-order valence-electron chi connectivity index (χ1n) is 13.8. The normalized spacial score (nSPS) is 15.2. The van der Waals surface area contributed by atoms with Crippen molar-refractivity contribution in [2.24, 2.45) is 0 Å². The summed E-state index contributed by atoms with van der Waals surface area (Å²) >= 11 is 0. The highest BCUT2D eigenvalue weighted by atomic mass is 15.0. The van der Waals surface area contributed by atoms with Gasteiger partial charge in [-0.15, -0.1) is 12.8 Å². The van der Waals surface area contributed by atoms with Crippen LogP contribution in [0.1, 0.15) is 51.0 Å². The fraction of sp³-hybridized carbons (Fsp3) is 0.105. The van der Waals surface area contributed by atoms with Gasteiger partial charge >= 0.3 is 0 Å². The van der Waals surface area contributed by atoms with Crippen LogP contribution in [0.25, 0.3) is 26.7 Å². The van der Waals surface area contributed by atoms with Crippen molar-refractivity contribution in [2.45, 2.75) is 24.9 Å². The van der Waals surface area contributed by atoms with Crippen molar-refractivity contribution in [2.75, 3.05) is 0 Å². The molecule has 42 heavy (non-hydrogen) atoms. The van der Waals surface area contributed by atoms with Gasteiger partial charge in [0.15, 0.2) is 5.69 Å². The minimum atomic E-state index is -0.201. The second-order valence-electron chi connectivity index (χ2n) is 10.5. The summed E-state index contributed by atoms with van der Waals surface area (Å²) < 4.78 is 4.52. The number of benzene rings is 4. The van der Waals surface area contributed by atoms with E-state index in [9.17, 15) is 5.26 Å². The minimum absolute atomic E-state index is 0.197. The fourth-order valence-corrected chi connectivity index (χ4v) is 6.94. The van der Waals surface area contributed by atoms with E-state index >= 15 is 0 Å². The molecule has 6 aromatic rings. The quantitative estimate of drug-likeness (QED) is 0.166. The molecule has 2 aromatic heterocycles. The Morgan fingerprint density at radius 2 is 1.21 bits per heavy atom. The SMILES string of the molecule is [C-]#[N+]c1cccc(C2c3c(n(CC#C)c4ccccc34)C(c3cccc(C#N)c3)c3c2n(CC#C)c2ccccc32)c1.